The monoisotopic (exact) mass is 309 g/mol. The zero-order chi connectivity index (χ0) is 15.5. The van der Waals surface area contributed by atoms with E-state index in [1.807, 2.05) is 32.0 Å². The van der Waals surface area contributed by atoms with Gasteiger partial charge in [0.1, 0.15) is 0 Å². The lowest BCUT2D eigenvalue weighted by Crippen LogP contribution is -2.55. The number of hydrogen-bond acceptors (Lipinski definition) is 4. The molecule has 1 heterocycles. The molecule has 114 valence electrons. The molecule has 1 aromatic carbocycles. The van der Waals surface area contributed by atoms with Gasteiger partial charge in [-0.3, -0.25) is 4.79 Å². The lowest BCUT2D eigenvalue weighted by molar-refractivity contribution is -0.147. The first-order valence-corrected chi connectivity index (χ1v) is 7.74. The summed E-state index contributed by atoms with van der Waals surface area (Å²) in [4.78, 5) is 24.4. The fourth-order valence-corrected chi connectivity index (χ4v) is 3.12. The van der Waals surface area contributed by atoms with Crippen LogP contribution in [0.25, 0.3) is 0 Å². The van der Waals surface area contributed by atoms with E-state index in [1.54, 1.807) is 0 Å². The molecule has 6 heteroatoms. The molecule has 5 nitrogen and oxygen atoms in total. The van der Waals surface area contributed by atoms with Crippen LogP contribution in [0.3, 0.4) is 0 Å². The molecule has 1 fully saturated rings. The number of ether oxygens (including phenoxy) is 1. The third-order valence-corrected chi connectivity index (χ3v) is 4.67. The topological polar surface area (TPSA) is 75.6 Å². The summed E-state index contributed by atoms with van der Waals surface area (Å²) in [6, 6.07) is 6.06. The van der Waals surface area contributed by atoms with Crippen molar-refractivity contribution in [2.75, 3.05) is 19.0 Å². The molecule has 0 aliphatic carbocycles. The number of nitrogens with one attached hydrogen (secondary N) is 1. The van der Waals surface area contributed by atoms with Gasteiger partial charge < -0.3 is 15.2 Å². The van der Waals surface area contributed by atoms with E-state index in [9.17, 15) is 14.7 Å². The summed E-state index contributed by atoms with van der Waals surface area (Å²) in [6.45, 7) is 4.38. The van der Waals surface area contributed by atoms with Crippen LogP contribution in [0.1, 0.15) is 17.5 Å². The van der Waals surface area contributed by atoms with Gasteiger partial charge in [0.15, 0.2) is 5.54 Å². The summed E-state index contributed by atoms with van der Waals surface area (Å²) in [5, 5.41) is 11.9. The maximum absolute atomic E-state index is 12.0. The maximum Gasteiger partial charge on any atom is 0.331 e. The normalized spacial score (nSPS) is 21.2. The molecule has 0 saturated carbocycles. The van der Waals surface area contributed by atoms with Gasteiger partial charge in [-0.2, -0.15) is 0 Å². The minimum Gasteiger partial charge on any atom is -0.479 e. The number of carboxylic acid groups (broad SMARTS) is 1. The van der Waals surface area contributed by atoms with Crippen LogP contribution >= 0.6 is 11.8 Å². The number of thioether (sulfide) groups is 1. The van der Waals surface area contributed by atoms with Crippen LogP contribution in [0.15, 0.2) is 23.1 Å². The zero-order valence-electron chi connectivity index (χ0n) is 12.1. The Morgan fingerprint density at radius 1 is 1.43 bits per heavy atom. The van der Waals surface area contributed by atoms with Crippen molar-refractivity contribution in [1.29, 1.82) is 0 Å². The van der Waals surface area contributed by atoms with Crippen molar-refractivity contribution in [2.45, 2.75) is 30.7 Å². The SMILES string of the molecule is Cc1ccc(C)c(SCC(=O)NC2(C(=O)O)CCOC2)c1. The van der Waals surface area contributed by atoms with Crippen LogP contribution in [0.4, 0.5) is 0 Å². The largest absolute Gasteiger partial charge is 0.479 e. The van der Waals surface area contributed by atoms with E-state index in [0.717, 1.165) is 16.0 Å². The molecular weight excluding hydrogens is 290 g/mol. The van der Waals surface area contributed by atoms with Gasteiger partial charge in [-0.05, 0) is 25.5 Å². The van der Waals surface area contributed by atoms with E-state index >= 15 is 0 Å². The van der Waals surface area contributed by atoms with E-state index in [-0.39, 0.29) is 18.3 Å². The summed E-state index contributed by atoms with van der Waals surface area (Å²) in [7, 11) is 0. The summed E-state index contributed by atoms with van der Waals surface area (Å²) in [5.41, 5.74) is 0.976. The van der Waals surface area contributed by atoms with Crippen molar-refractivity contribution in [3.05, 3.63) is 29.3 Å². The summed E-state index contributed by atoms with van der Waals surface area (Å²) in [5.74, 6) is -1.13. The Kier molecular flexibility index (Phi) is 4.90. The van der Waals surface area contributed by atoms with Crippen LogP contribution < -0.4 is 5.32 Å². The zero-order valence-corrected chi connectivity index (χ0v) is 13.0. The van der Waals surface area contributed by atoms with Crippen molar-refractivity contribution in [3.8, 4) is 0 Å². The molecule has 2 rings (SSSR count). The van der Waals surface area contributed by atoms with E-state index in [4.69, 9.17) is 4.74 Å². The summed E-state index contributed by atoms with van der Waals surface area (Å²) in [6.07, 6.45) is 0.308. The van der Waals surface area contributed by atoms with Crippen LogP contribution in [0.5, 0.6) is 0 Å². The molecule has 1 unspecified atom stereocenters. The fourth-order valence-electron chi connectivity index (χ4n) is 2.19. The second-order valence-corrected chi connectivity index (χ2v) is 6.31. The Balaban J connectivity index is 1.96. The number of carboxylic acids is 1. The minimum atomic E-state index is -1.26. The third-order valence-electron chi connectivity index (χ3n) is 3.51. The van der Waals surface area contributed by atoms with Crippen LogP contribution in [-0.4, -0.2) is 41.5 Å². The van der Waals surface area contributed by atoms with Crippen LogP contribution in [0, 0.1) is 13.8 Å². The van der Waals surface area contributed by atoms with Gasteiger partial charge in [0.05, 0.1) is 12.4 Å². The summed E-state index contributed by atoms with van der Waals surface area (Å²) < 4.78 is 5.12. The average Bonchev–Trinajstić information content (AvgIpc) is 2.89. The Labute approximate surface area is 128 Å². The highest BCUT2D eigenvalue weighted by Crippen LogP contribution is 2.24. The molecule has 1 aliphatic rings. The van der Waals surface area contributed by atoms with Crippen molar-refractivity contribution in [1.82, 2.24) is 5.32 Å². The Morgan fingerprint density at radius 3 is 2.81 bits per heavy atom. The Bertz CT molecular complexity index is 553. The predicted octanol–water partition coefficient (Wildman–Crippen LogP) is 1.76. The molecule has 0 bridgehead atoms. The first-order chi connectivity index (χ1) is 9.93. The van der Waals surface area contributed by atoms with Gasteiger partial charge in [-0.25, -0.2) is 4.79 Å². The second-order valence-electron chi connectivity index (χ2n) is 5.30. The fraction of sp³-hybridized carbons (Fsp3) is 0.467. The predicted molar refractivity (Wildman–Crippen MR) is 80.6 cm³/mol. The lowest BCUT2D eigenvalue weighted by atomic mass is 9.99. The molecular formula is C15H19NO4S. The molecule has 0 aromatic heterocycles. The van der Waals surface area contributed by atoms with Crippen LogP contribution in [0.2, 0.25) is 0 Å². The maximum atomic E-state index is 12.0. The number of aliphatic carboxylic acids is 1. The third kappa shape index (κ3) is 3.77. The molecule has 0 spiro atoms. The molecule has 1 aromatic rings. The van der Waals surface area contributed by atoms with Gasteiger partial charge >= 0.3 is 5.97 Å². The number of aryl methyl sites for hydroxylation is 2. The van der Waals surface area contributed by atoms with Crippen LogP contribution in [-0.2, 0) is 14.3 Å². The highest BCUT2D eigenvalue weighted by Gasteiger charge is 2.43. The van der Waals surface area contributed by atoms with E-state index < -0.39 is 11.5 Å². The Morgan fingerprint density at radius 2 is 2.19 bits per heavy atom. The smallest absolute Gasteiger partial charge is 0.331 e. The Hall–Kier alpha value is -1.53. The number of carbonyl (C=O) groups excluding carboxylic acids is 1. The van der Waals surface area contributed by atoms with Crippen molar-refractivity contribution in [3.63, 3.8) is 0 Å². The number of carbonyl (C=O) groups is 2. The molecule has 0 radical (unpaired) electrons. The van der Waals surface area contributed by atoms with Gasteiger partial charge in [-0.15, -0.1) is 11.8 Å². The minimum absolute atomic E-state index is 0.0300. The quantitative estimate of drug-likeness (QED) is 0.811. The number of amides is 1. The first kappa shape index (κ1) is 15.9. The van der Waals surface area contributed by atoms with E-state index in [1.165, 1.54) is 11.8 Å². The van der Waals surface area contributed by atoms with Gasteiger partial charge in [-0.1, -0.05) is 17.7 Å². The molecule has 2 N–H and O–H groups in total. The average molecular weight is 309 g/mol. The lowest BCUT2D eigenvalue weighted by Gasteiger charge is -2.23. The summed E-state index contributed by atoms with van der Waals surface area (Å²) >= 11 is 1.42. The van der Waals surface area contributed by atoms with Gasteiger partial charge in [0, 0.05) is 17.9 Å². The van der Waals surface area contributed by atoms with Crippen molar-refractivity contribution in [2.24, 2.45) is 0 Å². The van der Waals surface area contributed by atoms with Gasteiger partial charge in [0.25, 0.3) is 0 Å². The molecule has 1 aliphatic heterocycles. The highest BCUT2D eigenvalue weighted by atomic mass is 32.2. The van der Waals surface area contributed by atoms with E-state index in [0.29, 0.717) is 13.0 Å². The highest BCUT2D eigenvalue weighted by molar-refractivity contribution is 8.00. The first-order valence-electron chi connectivity index (χ1n) is 6.75. The molecule has 21 heavy (non-hydrogen) atoms. The van der Waals surface area contributed by atoms with Crippen molar-refractivity contribution < 1.29 is 19.4 Å². The number of rotatable bonds is 5. The second kappa shape index (κ2) is 6.49. The van der Waals surface area contributed by atoms with Gasteiger partial charge in [0.2, 0.25) is 5.91 Å². The standard InChI is InChI=1S/C15H19NO4S/c1-10-3-4-11(2)12(7-10)21-8-13(17)16-15(14(18)19)5-6-20-9-15/h3-4,7H,5-6,8-9H2,1-2H3,(H,16,17)(H,18,19). The molecule has 1 atom stereocenters. The molecule has 1 amide bonds. The molecule has 1 saturated heterocycles. The number of hydrogen-bond donors (Lipinski definition) is 2. The van der Waals surface area contributed by atoms with E-state index in [2.05, 4.69) is 5.32 Å². The van der Waals surface area contributed by atoms with Crippen molar-refractivity contribution >= 4 is 23.6 Å². The number of benzene rings is 1.